The summed E-state index contributed by atoms with van der Waals surface area (Å²) in [5, 5.41) is 5.60. The number of anilines is 1. The van der Waals surface area contributed by atoms with Crippen molar-refractivity contribution in [2.24, 2.45) is 11.0 Å². The van der Waals surface area contributed by atoms with Crippen LogP contribution in [-0.2, 0) is 16.0 Å². The number of nitrogens with one attached hydrogen (secondary N) is 1. The number of para-hydroxylation sites is 1. The molecule has 0 radical (unpaired) electrons. The highest BCUT2D eigenvalue weighted by Crippen LogP contribution is 2.25. The van der Waals surface area contributed by atoms with Crippen LogP contribution >= 0.6 is 0 Å². The third-order valence-corrected chi connectivity index (χ3v) is 4.32. The number of aromatic amines is 1. The first-order valence-electron chi connectivity index (χ1n) is 8.02. The molecule has 1 aliphatic rings. The lowest BCUT2D eigenvalue weighted by Gasteiger charge is -2.13. The number of carbonyl (C=O) groups is 2. The van der Waals surface area contributed by atoms with E-state index >= 15 is 0 Å². The molecule has 2 aromatic carbocycles. The van der Waals surface area contributed by atoms with Crippen molar-refractivity contribution >= 4 is 34.1 Å². The van der Waals surface area contributed by atoms with Gasteiger partial charge >= 0.3 is 0 Å². The number of Topliss-reactive ketones (excluding diaryl/α,β-unsaturated/α-hetero) is 1. The molecule has 0 saturated carbocycles. The van der Waals surface area contributed by atoms with E-state index in [1.807, 2.05) is 36.4 Å². The number of imidazole rings is 1. The maximum atomic E-state index is 12.7. The van der Waals surface area contributed by atoms with E-state index < -0.39 is 5.92 Å². The Hall–Kier alpha value is -3.28. The molecule has 1 unspecified atom stereocenters. The molecule has 2 heterocycles. The Morgan fingerprint density at radius 3 is 2.80 bits per heavy atom. The van der Waals surface area contributed by atoms with Gasteiger partial charge in [-0.15, -0.1) is 0 Å². The molecule has 124 valence electrons. The average molecular weight is 332 g/mol. The normalized spacial score (nSPS) is 17.2. The molecule has 6 nitrogen and oxygen atoms in total. The highest BCUT2D eigenvalue weighted by atomic mass is 16.2. The largest absolute Gasteiger partial charge is 0.345 e. The molecule has 1 aliphatic heterocycles. The fourth-order valence-electron chi connectivity index (χ4n) is 3.09. The van der Waals surface area contributed by atoms with Gasteiger partial charge in [-0.2, -0.15) is 10.1 Å². The van der Waals surface area contributed by atoms with E-state index in [1.165, 1.54) is 5.01 Å². The number of hydrogen-bond donors (Lipinski definition) is 1. The van der Waals surface area contributed by atoms with Gasteiger partial charge in [0.25, 0.3) is 5.91 Å². The molecule has 1 amide bonds. The van der Waals surface area contributed by atoms with Crippen LogP contribution in [0.2, 0.25) is 0 Å². The number of amides is 1. The number of hydrogen-bond acceptors (Lipinski definition) is 4. The third-order valence-electron chi connectivity index (χ3n) is 4.32. The number of H-pyrrole nitrogens is 1. The maximum absolute atomic E-state index is 12.7. The van der Waals surface area contributed by atoms with E-state index in [9.17, 15) is 9.59 Å². The van der Waals surface area contributed by atoms with Crippen LogP contribution in [-0.4, -0.2) is 27.4 Å². The standard InChI is InChI=1S/C19H16N4O2/c1-12-18(19(25)23(22-12)14-5-3-2-4-6-14)17(24)10-13-7-8-15-16(9-13)21-11-20-15/h2-9,11,18H,10H2,1H3,(H,20,21). The van der Waals surface area contributed by atoms with Gasteiger partial charge in [0.1, 0.15) is 5.92 Å². The van der Waals surface area contributed by atoms with Crippen LogP contribution in [0.3, 0.4) is 0 Å². The molecule has 4 rings (SSSR count). The first kappa shape index (κ1) is 15.3. The van der Waals surface area contributed by atoms with E-state index in [1.54, 1.807) is 25.4 Å². The SMILES string of the molecule is CC1=NN(c2ccccc2)C(=O)C1C(=O)Cc1ccc2nc[nH]c2c1. The summed E-state index contributed by atoms with van der Waals surface area (Å²) in [7, 11) is 0. The summed E-state index contributed by atoms with van der Waals surface area (Å²) in [6, 6.07) is 14.8. The summed E-state index contributed by atoms with van der Waals surface area (Å²) in [5.74, 6) is -1.27. The Morgan fingerprint density at radius 2 is 2.00 bits per heavy atom. The minimum absolute atomic E-state index is 0.149. The number of ketones is 1. The van der Waals surface area contributed by atoms with Crippen molar-refractivity contribution in [3.8, 4) is 0 Å². The van der Waals surface area contributed by atoms with Crippen LogP contribution in [0.25, 0.3) is 11.0 Å². The second kappa shape index (κ2) is 5.98. The van der Waals surface area contributed by atoms with E-state index in [4.69, 9.17) is 0 Å². The van der Waals surface area contributed by atoms with Gasteiger partial charge in [-0.25, -0.2) is 4.98 Å². The number of hydrazone groups is 1. The van der Waals surface area contributed by atoms with Gasteiger partial charge in [-0.1, -0.05) is 24.3 Å². The van der Waals surface area contributed by atoms with Crippen molar-refractivity contribution in [2.75, 3.05) is 5.01 Å². The monoisotopic (exact) mass is 332 g/mol. The molecular weight excluding hydrogens is 316 g/mol. The van der Waals surface area contributed by atoms with Crippen molar-refractivity contribution in [1.29, 1.82) is 0 Å². The molecular formula is C19H16N4O2. The average Bonchev–Trinajstić information content (AvgIpc) is 3.19. The second-order valence-electron chi connectivity index (χ2n) is 6.06. The fourth-order valence-corrected chi connectivity index (χ4v) is 3.09. The Balaban J connectivity index is 1.56. The van der Waals surface area contributed by atoms with E-state index in [0.717, 1.165) is 16.6 Å². The Morgan fingerprint density at radius 1 is 1.20 bits per heavy atom. The highest BCUT2D eigenvalue weighted by Gasteiger charge is 2.39. The van der Waals surface area contributed by atoms with Gasteiger partial charge in [-0.05, 0) is 36.8 Å². The van der Waals surface area contributed by atoms with Crippen molar-refractivity contribution in [3.05, 3.63) is 60.4 Å². The van der Waals surface area contributed by atoms with Gasteiger partial charge in [0.2, 0.25) is 0 Å². The van der Waals surface area contributed by atoms with E-state index in [-0.39, 0.29) is 18.1 Å². The molecule has 3 aromatic rings. The molecule has 1 atom stereocenters. The predicted molar refractivity (Wildman–Crippen MR) is 95.3 cm³/mol. The van der Waals surface area contributed by atoms with Gasteiger partial charge in [0.05, 0.1) is 28.8 Å². The zero-order valence-electron chi connectivity index (χ0n) is 13.6. The van der Waals surface area contributed by atoms with Crippen LogP contribution in [0.1, 0.15) is 12.5 Å². The van der Waals surface area contributed by atoms with Crippen LogP contribution in [0.4, 0.5) is 5.69 Å². The van der Waals surface area contributed by atoms with Gasteiger partial charge in [0, 0.05) is 6.42 Å². The zero-order valence-corrected chi connectivity index (χ0v) is 13.6. The van der Waals surface area contributed by atoms with Crippen LogP contribution < -0.4 is 5.01 Å². The number of nitrogens with zero attached hydrogens (tertiary/aromatic N) is 3. The summed E-state index contributed by atoms with van der Waals surface area (Å²) in [4.78, 5) is 32.6. The van der Waals surface area contributed by atoms with Crippen LogP contribution in [0.15, 0.2) is 60.0 Å². The first-order valence-corrected chi connectivity index (χ1v) is 8.02. The highest BCUT2D eigenvalue weighted by molar-refractivity contribution is 6.27. The molecule has 0 fully saturated rings. The molecule has 6 heteroatoms. The number of fused-ring (bicyclic) bond motifs is 1. The van der Waals surface area contributed by atoms with Crippen molar-refractivity contribution in [1.82, 2.24) is 9.97 Å². The quantitative estimate of drug-likeness (QED) is 0.746. The van der Waals surface area contributed by atoms with Gasteiger partial charge in [0.15, 0.2) is 5.78 Å². The Bertz CT molecular complexity index is 991. The molecule has 0 aliphatic carbocycles. The molecule has 0 saturated heterocycles. The summed E-state index contributed by atoms with van der Waals surface area (Å²) in [6.07, 6.45) is 1.80. The van der Waals surface area contributed by atoms with E-state index in [0.29, 0.717) is 11.4 Å². The van der Waals surface area contributed by atoms with Gasteiger partial charge < -0.3 is 4.98 Å². The third kappa shape index (κ3) is 2.71. The van der Waals surface area contributed by atoms with Crippen molar-refractivity contribution in [2.45, 2.75) is 13.3 Å². The minimum Gasteiger partial charge on any atom is -0.345 e. The summed E-state index contributed by atoms with van der Waals surface area (Å²) in [5.41, 5.74) is 3.77. The van der Waals surface area contributed by atoms with Crippen molar-refractivity contribution in [3.63, 3.8) is 0 Å². The maximum Gasteiger partial charge on any atom is 0.263 e. The zero-order chi connectivity index (χ0) is 17.4. The Kier molecular flexibility index (Phi) is 3.65. The Labute approximate surface area is 144 Å². The number of aromatic nitrogens is 2. The second-order valence-corrected chi connectivity index (χ2v) is 6.06. The van der Waals surface area contributed by atoms with E-state index in [2.05, 4.69) is 15.1 Å². The lowest BCUT2D eigenvalue weighted by atomic mass is 9.94. The number of rotatable bonds is 4. The molecule has 1 N–H and O–H groups in total. The molecule has 1 aromatic heterocycles. The van der Waals surface area contributed by atoms with Crippen LogP contribution in [0.5, 0.6) is 0 Å². The molecule has 25 heavy (non-hydrogen) atoms. The lowest BCUT2D eigenvalue weighted by Crippen LogP contribution is -2.33. The smallest absolute Gasteiger partial charge is 0.263 e. The molecule has 0 spiro atoms. The lowest BCUT2D eigenvalue weighted by molar-refractivity contribution is -0.128. The topological polar surface area (TPSA) is 78.4 Å². The number of benzene rings is 2. The fraction of sp³-hybridized carbons (Fsp3) is 0.158. The van der Waals surface area contributed by atoms with Crippen LogP contribution in [0, 0.1) is 5.92 Å². The predicted octanol–water partition coefficient (Wildman–Crippen LogP) is 2.71. The molecule has 0 bridgehead atoms. The van der Waals surface area contributed by atoms with Crippen molar-refractivity contribution < 1.29 is 9.59 Å². The summed E-state index contributed by atoms with van der Waals surface area (Å²) < 4.78 is 0. The summed E-state index contributed by atoms with van der Waals surface area (Å²) >= 11 is 0. The summed E-state index contributed by atoms with van der Waals surface area (Å²) in [6.45, 7) is 1.72. The minimum atomic E-state index is -0.822. The first-order chi connectivity index (χ1) is 12.1. The van der Waals surface area contributed by atoms with Gasteiger partial charge in [-0.3, -0.25) is 9.59 Å². The number of carbonyl (C=O) groups excluding carboxylic acids is 2.